The zero-order chi connectivity index (χ0) is 18.7. The summed E-state index contributed by atoms with van der Waals surface area (Å²) in [6, 6.07) is 7.63. The van der Waals surface area contributed by atoms with E-state index in [0.717, 1.165) is 42.4 Å². The molecule has 1 aromatic carbocycles. The number of amides is 1. The highest BCUT2D eigenvalue weighted by molar-refractivity contribution is 7.16. The van der Waals surface area contributed by atoms with Gasteiger partial charge in [-0.25, -0.2) is 4.79 Å². The molecule has 0 atom stereocenters. The second-order valence-corrected chi connectivity index (χ2v) is 7.57. The third-order valence-electron chi connectivity index (χ3n) is 4.47. The molecule has 0 unspecified atom stereocenters. The monoisotopic (exact) mass is 368 g/mol. The molecule has 0 spiro atoms. The first-order valence-electron chi connectivity index (χ1n) is 8.58. The van der Waals surface area contributed by atoms with Crippen molar-refractivity contribution in [2.24, 2.45) is 0 Å². The molecule has 0 saturated heterocycles. The van der Waals surface area contributed by atoms with Crippen LogP contribution in [0.4, 0.5) is 5.00 Å². The van der Waals surface area contributed by atoms with E-state index in [1.54, 1.807) is 6.07 Å². The number of rotatable bonds is 4. The number of hydrogen-bond acceptors (Lipinski definition) is 5. The normalized spacial score (nSPS) is 12.8. The van der Waals surface area contributed by atoms with E-state index in [4.69, 9.17) is 4.74 Å². The largest absolute Gasteiger partial charge is 0.452 e. The van der Waals surface area contributed by atoms with Crippen molar-refractivity contribution in [3.05, 3.63) is 50.9 Å². The van der Waals surface area contributed by atoms with Crippen LogP contribution in [0.2, 0.25) is 0 Å². The van der Waals surface area contributed by atoms with Crippen LogP contribution in [0.15, 0.2) is 18.2 Å². The Bertz CT molecular complexity index is 909. The van der Waals surface area contributed by atoms with Gasteiger partial charge in [0.1, 0.15) is 11.1 Å². The smallest absolute Gasteiger partial charge is 0.338 e. The van der Waals surface area contributed by atoms with Crippen molar-refractivity contribution in [2.75, 3.05) is 11.9 Å². The highest BCUT2D eigenvalue weighted by atomic mass is 32.1. The molecule has 0 bridgehead atoms. The quantitative estimate of drug-likeness (QED) is 0.830. The van der Waals surface area contributed by atoms with E-state index >= 15 is 0 Å². The summed E-state index contributed by atoms with van der Waals surface area (Å²) in [4.78, 5) is 25.5. The summed E-state index contributed by atoms with van der Waals surface area (Å²) < 4.78 is 5.13. The van der Waals surface area contributed by atoms with Gasteiger partial charge in [0, 0.05) is 4.88 Å². The van der Waals surface area contributed by atoms with Crippen LogP contribution in [0.3, 0.4) is 0 Å². The highest BCUT2D eigenvalue weighted by Gasteiger charge is 2.22. The van der Waals surface area contributed by atoms with Crippen molar-refractivity contribution in [2.45, 2.75) is 39.5 Å². The number of carbonyl (C=O) groups is 2. The first-order chi connectivity index (χ1) is 12.5. The Morgan fingerprint density at radius 1 is 1.27 bits per heavy atom. The summed E-state index contributed by atoms with van der Waals surface area (Å²) in [7, 11) is 0. The zero-order valence-electron chi connectivity index (χ0n) is 14.8. The topological polar surface area (TPSA) is 79.2 Å². The summed E-state index contributed by atoms with van der Waals surface area (Å²) in [5.41, 5.74) is 3.94. The summed E-state index contributed by atoms with van der Waals surface area (Å²) in [5.74, 6) is -0.957. The second-order valence-electron chi connectivity index (χ2n) is 6.47. The van der Waals surface area contributed by atoms with Crippen molar-refractivity contribution in [3.8, 4) is 6.07 Å². The van der Waals surface area contributed by atoms with Gasteiger partial charge in [-0.3, -0.25) is 4.79 Å². The van der Waals surface area contributed by atoms with Gasteiger partial charge < -0.3 is 10.1 Å². The number of carbonyl (C=O) groups excluding carboxylic acids is 2. The molecule has 26 heavy (non-hydrogen) atoms. The Morgan fingerprint density at radius 2 is 2.04 bits per heavy atom. The summed E-state index contributed by atoms with van der Waals surface area (Å²) >= 11 is 1.45. The number of nitriles is 1. The number of anilines is 1. The van der Waals surface area contributed by atoms with Crippen molar-refractivity contribution >= 4 is 28.2 Å². The summed E-state index contributed by atoms with van der Waals surface area (Å²) in [6.45, 7) is 3.40. The molecule has 1 aliphatic rings. The highest BCUT2D eigenvalue weighted by Crippen LogP contribution is 2.37. The fourth-order valence-electron chi connectivity index (χ4n) is 3.19. The molecule has 1 N–H and O–H groups in total. The van der Waals surface area contributed by atoms with E-state index in [2.05, 4.69) is 11.4 Å². The minimum atomic E-state index is -0.524. The standard InChI is InChI=1S/C20H20N2O3S/c1-12-7-8-14(13(2)9-12)20(24)25-11-18(23)22-19-16(10-21)15-5-3-4-6-17(15)26-19/h7-9H,3-6,11H2,1-2H3,(H,22,23). The van der Waals surface area contributed by atoms with Gasteiger partial charge in [-0.2, -0.15) is 5.26 Å². The molecule has 0 saturated carbocycles. The van der Waals surface area contributed by atoms with E-state index in [1.165, 1.54) is 16.2 Å². The van der Waals surface area contributed by atoms with E-state index in [-0.39, 0.29) is 6.61 Å². The molecule has 0 aliphatic heterocycles. The second kappa shape index (κ2) is 7.71. The van der Waals surface area contributed by atoms with Crippen LogP contribution < -0.4 is 5.32 Å². The van der Waals surface area contributed by atoms with Gasteiger partial charge in [0.05, 0.1) is 11.1 Å². The third kappa shape index (κ3) is 3.78. The van der Waals surface area contributed by atoms with Crippen LogP contribution in [-0.4, -0.2) is 18.5 Å². The molecule has 1 aromatic heterocycles. The molecule has 5 nitrogen and oxygen atoms in total. The molecule has 0 fully saturated rings. The predicted octanol–water partition coefficient (Wildman–Crippen LogP) is 3.91. The lowest BCUT2D eigenvalue weighted by Crippen LogP contribution is -2.21. The van der Waals surface area contributed by atoms with Gasteiger partial charge in [0.25, 0.3) is 5.91 Å². The molecular formula is C20H20N2O3S. The number of ether oxygens (including phenoxy) is 1. The number of fused-ring (bicyclic) bond motifs is 1. The number of nitrogens with one attached hydrogen (secondary N) is 1. The molecule has 0 radical (unpaired) electrons. The number of aryl methyl sites for hydroxylation is 3. The number of benzene rings is 1. The van der Waals surface area contributed by atoms with Crippen molar-refractivity contribution < 1.29 is 14.3 Å². The maximum absolute atomic E-state index is 12.2. The maximum Gasteiger partial charge on any atom is 0.338 e. The van der Waals surface area contributed by atoms with Gasteiger partial charge in [0.15, 0.2) is 6.61 Å². The van der Waals surface area contributed by atoms with Gasteiger partial charge >= 0.3 is 5.97 Å². The average Bonchev–Trinajstić information content (AvgIpc) is 2.96. The Hall–Kier alpha value is -2.65. The molecule has 6 heteroatoms. The van der Waals surface area contributed by atoms with Gasteiger partial charge in [-0.1, -0.05) is 17.7 Å². The molecule has 1 aliphatic carbocycles. The number of thiophene rings is 1. The Kier molecular flexibility index (Phi) is 5.38. The number of hydrogen-bond donors (Lipinski definition) is 1. The number of esters is 1. The third-order valence-corrected chi connectivity index (χ3v) is 5.68. The van der Waals surface area contributed by atoms with Crippen molar-refractivity contribution in [1.82, 2.24) is 0 Å². The Balaban J connectivity index is 1.64. The average molecular weight is 368 g/mol. The molecule has 1 heterocycles. The van der Waals surface area contributed by atoms with Crippen LogP contribution >= 0.6 is 11.3 Å². The van der Waals surface area contributed by atoms with E-state index in [1.807, 2.05) is 26.0 Å². The first-order valence-corrected chi connectivity index (χ1v) is 9.40. The van der Waals surface area contributed by atoms with Crippen molar-refractivity contribution in [3.63, 3.8) is 0 Å². The SMILES string of the molecule is Cc1ccc(C(=O)OCC(=O)Nc2sc3c(c2C#N)CCCC3)c(C)c1. The minimum absolute atomic E-state index is 0.375. The zero-order valence-corrected chi connectivity index (χ0v) is 15.7. The van der Waals surface area contributed by atoms with Crippen LogP contribution in [-0.2, 0) is 22.4 Å². The fraction of sp³-hybridized carbons (Fsp3) is 0.350. The molecule has 134 valence electrons. The van der Waals surface area contributed by atoms with E-state index < -0.39 is 11.9 Å². The van der Waals surface area contributed by atoms with Gasteiger partial charge in [0.2, 0.25) is 0 Å². The van der Waals surface area contributed by atoms with Crippen LogP contribution in [0, 0.1) is 25.2 Å². The lowest BCUT2D eigenvalue weighted by atomic mass is 9.96. The predicted molar refractivity (Wildman–Crippen MR) is 101 cm³/mol. The van der Waals surface area contributed by atoms with Gasteiger partial charge in [-0.15, -0.1) is 11.3 Å². The minimum Gasteiger partial charge on any atom is -0.452 e. The molecular weight excluding hydrogens is 348 g/mol. The molecule has 1 amide bonds. The number of nitrogens with zero attached hydrogens (tertiary/aromatic N) is 1. The van der Waals surface area contributed by atoms with Crippen LogP contribution in [0.5, 0.6) is 0 Å². The van der Waals surface area contributed by atoms with E-state index in [9.17, 15) is 14.9 Å². The van der Waals surface area contributed by atoms with Crippen LogP contribution in [0.25, 0.3) is 0 Å². The van der Waals surface area contributed by atoms with Crippen LogP contribution in [0.1, 0.15) is 50.3 Å². The Morgan fingerprint density at radius 3 is 2.77 bits per heavy atom. The van der Waals surface area contributed by atoms with Crippen molar-refractivity contribution in [1.29, 1.82) is 5.26 Å². The van der Waals surface area contributed by atoms with Gasteiger partial charge in [-0.05, 0) is 56.7 Å². The molecule has 2 aromatic rings. The lowest BCUT2D eigenvalue weighted by molar-refractivity contribution is -0.119. The maximum atomic E-state index is 12.2. The Labute approximate surface area is 156 Å². The fourth-order valence-corrected chi connectivity index (χ4v) is 4.44. The first kappa shape index (κ1) is 18.2. The molecule has 3 rings (SSSR count). The summed E-state index contributed by atoms with van der Waals surface area (Å²) in [5, 5.41) is 12.7. The van der Waals surface area contributed by atoms with E-state index in [0.29, 0.717) is 16.1 Å². The summed E-state index contributed by atoms with van der Waals surface area (Å²) in [6.07, 6.45) is 4.01. The lowest BCUT2D eigenvalue weighted by Gasteiger charge is -2.09.